The van der Waals surface area contributed by atoms with Gasteiger partial charge in [-0.1, -0.05) is 160 Å². The molecule has 0 N–H and O–H groups in total. The maximum absolute atomic E-state index is 5.57. The van der Waals surface area contributed by atoms with Crippen LogP contribution in [0.5, 0.6) is 0 Å². The van der Waals surface area contributed by atoms with Crippen LogP contribution < -0.4 is 54.6 Å². The Balaban J connectivity index is 1.30. The number of fused-ring (bicyclic) bond motifs is 7. The third-order valence-corrected chi connectivity index (χ3v) is 15.4. The quantitative estimate of drug-likeness (QED) is 0.159. The number of hydrogen-bond acceptors (Lipinski definition) is 3. The minimum atomic E-state index is -0.278. The first-order valence-corrected chi connectivity index (χ1v) is 23.3. The van der Waals surface area contributed by atoms with Crippen LogP contribution in [0.4, 0.5) is 0 Å². The number of hydrogen-bond donors (Lipinski definition) is 0. The van der Waals surface area contributed by atoms with E-state index in [0.717, 1.165) is 22.6 Å². The summed E-state index contributed by atoms with van der Waals surface area (Å²) in [4.78, 5) is 16.3. The Labute approximate surface area is 396 Å². The van der Waals surface area contributed by atoms with Gasteiger partial charge in [-0.25, -0.2) is 15.0 Å². The average Bonchev–Trinajstić information content (AvgIpc) is 3.91. The molecular weight excluding hydrogens is 789 g/mol. The van der Waals surface area contributed by atoms with Crippen LogP contribution in [0.3, 0.4) is 0 Å². The van der Waals surface area contributed by atoms with Crippen LogP contribution in [0.2, 0.25) is 0 Å². The summed E-state index contributed by atoms with van der Waals surface area (Å²) >= 11 is 0. The van der Waals surface area contributed by atoms with E-state index in [9.17, 15) is 0 Å². The molecule has 2 heterocycles. The highest BCUT2D eigenvalue weighted by Gasteiger charge is 2.41. The van der Waals surface area contributed by atoms with Crippen molar-refractivity contribution in [3.05, 3.63) is 156 Å². The van der Waals surface area contributed by atoms with E-state index in [1.807, 2.05) is 12.1 Å². The van der Waals surface area contributed by atoms with Gasteiger partial charge in [0.05, 0.1) is 11.4 Å². The van der Waals surface area contributed by atoms with Crippen molar-refractivity contribution in [2.24, 2.45) is 0 Å². The number of nitrogens with zero attached hydrogens (tertiary/aromatic N) is 4. The lowest BCUT2D eigenvalue weighted by atomic mass is 9.62. The molecule has 8 aromatic carbocycles. The van der Waals surface area contributed by atoms with E-state index in [0.29, 0.717) is 11.6 Å². The van der Waals surface area contributed by atoms with Crippen LogP contribution in [0, 0.1) is 0 Å². The normalized spacial score (nSPS) is 13.0. The minimum Gasteiger partial charge on any atom is -0.310 e. The van der Waals surface area contributed by atoms with Gasteiger partial charge in [0.25, 0.3) is 0 Å². The summed E-state index contributed by atoms with van der Waals surface area (Å²) in [6.45, 7) is 0. The summed E-state index contributed by atoms with van der Waals surface area (Å²) in [6, 6.07) is 49.6. The average molecular weight is 833 g/mol. The molecular formula is C52H44B10N4. The first kappa shape index (κ1) is 41.9. The molecule has 14 heteroatoms. The molecule has 1 aliphatic carbocycles. The molecule has 302 valence electrons. The molecule has 11 rings (SSSR count). The van der Waals surface area contributed by atoms with Crippen LogP contribution in [-0.4, -0.2) is 98.0 Å². The predicted octanol–water partition coefficient (Wildman–Crippen LogP) is -4.62. The van der Waals surface area contributed by atoms with Gasteiger partial charge in [0.2, 0.25) is 0 Å². The third-order valence-electron chi connectivity index (χ3n) is 15.4. The standard InChI is InChI=1S/C52H44B10N4/c53-38-32-31-33(40(55)44(59)43(58)39(31)54)35(52-64-50(25-14-6-2-7-15-25)63-51(65-52)26-16-8-3-9-17-26)34(32)48-36(41(38)56)37-42(57)45(60)46(61)47(62)49(37)66(48)30-21-11-20-29(23-30)28-19-10-18-27(22-28)24-12-4-1-5-13-24/h1-23,35H,53-62H2. The molecule has 1 atom stereocenters. The molecule has 0 radical (unpaired) electrons. The molecule has 0 amide bonds. The summed E-state index contributed by atoms with van der Waals surface area (Å²) in [5.41, 5.74) is 28.7. The molecule has 4 nitrogen and oxygen atoms in total. The van der Waals surface area contributed by atoms with Crippen molar-refractivity contribution < 1.29 is 0 Å². The molecule has 1 aliphatic rings. The lowest BCUT2D eigenvalue weighted by molar-refractivity contribution is 0.861. The van der Waals surface area contributed by atoms with E-state index < -0.39 is 0 Å². The van der Waals surface area contributed by atoms with Crippen LogP contribution >= 0.6 is 0 Å². The van der Waals surface area contributed by atoms with E-state index in [1.165, 1.54) is 121 Å². The summed E-state index contributed by atoms with van der Waals surface area (Å²) in [5, 5.41) is 2.63. The molecule has 66 heavy (non-hydrogen) atoms. The molecule has 0 saturated carbocycles. The monoisotopic (exact) mass is 834 g/mol. The third kappa shape index (κ3) is 6.32. The van der Waals surface area contributed by atoms with Crippen LogP contribution in [0.1, 0.15) is 22.9 Å². The van der Waals surface area contributed by atoms with Crippen molar-refractivity contribution in [3.8, 4) is 61.8 Å². The fraction of sp³-hybridized carbons (Fsp3) is 0.0192. The van der Waals surface area contributed by atoms with Crippen molar-refractivity contribution in [2.45, 2.75) is 5.92 Å². The van der Waals surface area contributed by atoms with Crippen molar-refractivity contribution >= 4 is 155 Å². The van der Waals surface area contributed by atoms with Gasteiger partial charge in [0.1, 0.15) is 84.3 Å². The lowest BCUT2D eigenvalue weighted by Crippen LogP contribution is -2.50. The molecule has 0 aliphatic heterocycles. The van der Waals surface area contributed by atoms with E-state index in [-0.39, 0.29) is 5.92 Å². The highest BCUT2D eigenvalue weighted by atomic mass is 15.0. The SMILES string of the molecule is Bc1c(B)c(B)c2c(c1B)-c1c(B)c(B)c3c4c(B)c(B)c(B)c(B)c4n(-c4cccc(-c5cccc(-c6ccccc6)c5)c4)c3c1C2c1nc(-c2ccccc2)nc(-c2ccccc2)n1. The van der Waals surface area contributed by atoms with Gasteiger partial charge in [0.15, 0.2) is 11.6 Å². The van der Waals surface area contributed by atoms with Crippen molar-refractivity contribution in [2.75, 3.05) is 0 Å². The Kier molecular flexibility index (Phi) is 10.1. The number of aromatic nitrogens is 4. The molecule has 0 bridgehead atoms. The maximum atomic E-state index is 5.57. The maximum Gasteiger partial charge on any atom is 0.163 e. The fourth-order valence-electron chi connectivity index (χ4n) is 11.1. The summed E-state index contributed by atoms with van der Waals surface area (Å²) in [6.07, 6.45) is 0. The number of benzene rings is 8. The highest BCUT2D eigenvalue weighted by molar-refractivity contribution is 6.69. The molecule has 0 spiro atoms. The minimum absolute atomic E-state index is 0.278. The van der Waals surface area contributed by atoms with E-state index in [4.69, 9.17) is 15.0 Å². The second-order valence-electron chi connectivity index (χ2n) is 18.6. The fourth-order valence-corrected chi connectivity index (χ4v) is 11.1. The molecule has 0 fully saturated rings. The Hall–Kier alpha value is -6.78. The van der Waals surface area contributed by atoms with Crippen molar-refractivity contribution in [1.29, 1.82) is 0 Å². The Morgan fingerprint density at radius 3 is 1.36 bits per heavy atom. The lowest BCUT2D eigenvalue weighted by Gasteiger charge is -2.22. The molecule has 0 saturated heterocycles. The first-order valence-electron chi connectivity index (χ1n) is 23.3. The summed E-state index contributed by atoms with van der Waals surface area (Å²) in [5.74, 6) is 1.84. The van der Waals surface area contributed by atoms with E-state index in [1.54, 1.807) is 0 Å². The zero-order valence-electron chi connectivity index (χ0n) is 39.6. The van der Waals surface area contributed by atoms with Gasteiger partial charge < -0.3 is 4.57 Å². The van der Waals surface area contributed by atoms with Gasteiger partial charge in [0, 0.05) is 27.7 Å². The second-order valence-corrected chi connectivity index (χ2v) is 18.6. The van der Waals surface area contributed by atoms with Crippen LogP contribution in [0.15, 0.2) is 140 Å². The Bertz CT molecular complexity index is 3600. The van der Waals surface area contributed by atoms with Gasteiger partial charge in [-0.15, -0.1) is 16.4 Å². The van der Waals surface area contributed by atoms with Gasteiger partial charge in [-0.05, 0) is 68.1 Å². The molecule has 2 aromatic heterocycles. The highest BCUT2D eigenvalue weighted by Crippen LogP contribution is 2.49. The summed E-state index contributed by atoms with van der Waals surface area (Å²) in [7, 11) is 23.2. The van der Waals surface area contributed by atoms with Crippen molar-refractivity contribution in [1.82, 2.24) is 19.5 Å². The van der Waals surface area contributed by atoms with Crippen LogP contribution in [0.25, 0.3) is 83.6 Å². The zero-order chi connectivity index (χ0) is 45.7. The van der Waals surface area contributed by atoms with Crippen LogP contribution in [-0.2, 0) is 0 Å². The predicted molar refractivity (Wildman–Crippen MR) is 311 cm³/mol. The first-order chi connectivity index (χ1) is 31.9. The topological polar surface area (TPSA) is 43.6 Å². The van der Waals surface area contributed by atoms with Gasteiger partial charge in [-0.2, -0.15) is 0 Å². The zero-order valence-corrected chi connectivity index (χ0v) is 39.6. The summed E-state index contributed by atoms with van der Waals surface area (Å²) < 4.78 is 2.62. The van der Waals surface area contributed by atoms with E-state index in [2.05, 4.69) is 210 Å². The second kappa shape index (κ2) is 16.0. The largest absolute Gasteiger partial charge is 0.310 e. The van der Waals surface area contributed by atoms with Gasteiger partial charge >= 0.3 is 0 Å². The van der Waals surface area contributed by atoms with E-state index >= 15 is 0 Å². The van der Waals surface area contributed by atoms with Gasteiger partial charge in [-0.3, -0.25) is 0 Å². The smallest absolute Gasteiger partial charge is 0.163 e. The Morgan fingerprint density at radius 2 is 0.758 bits per heavy atom. The Morgan fingerprint density at radius 1 is 0.333 bits per heavy atom. The number of rotatable bonds is 6. The molecule has 10 aromatic rings. The molecule has 1 unspecified atom stereocenters. The van der Waals surface area contributed by atoms with Crippen molar-refractivity contribution in [3.63, 3.8) is 0 Å².